The Balaban J connectivity index is 1.81. The number of benzene rings is 1. The van der Waals surface area contributed by atoms with Crippen LogP contribution in [-0.2, 0) is 0 Å². The van der Waals surface area contributed by atoms with Crippen LogP contribution in [-0.4, -0.2) is 15.7 Å². The number of rotatable bonds is 3. The summed E-state index contributed by atoms with van der Waals surface area (Å²) >= 11 is 0. The van der Waals surface area contributed by atoms with Crippen molar-refractivity contribution in [2.45, 2.75) is 0 Å². The van der Waals surface area contributed by atoms with Crippen molar-refractivity contribution in [1.82, 2.24) is 9.78 Å². The average molecular weight is 289 g/mol. The van der Waals surface area contributed by atoms with Gasteiger partial charge in [0.05, 0.1) is 29.9 Å². The molecule has 22 heavy (non-hydrogen) atoms. The zero-order valence-electron chi connectivity index (χ0n) is 11.5. The molecule has 0 amide bonds. The maximum Gasteiger partial charge on any atom is 0.278 e. The molecule has 0 radical (unpaired) electrons. The minimum atomic E-state index is -0.278. The fourth-order valence-electron chi connectivity index (χ4n) is 1.95. The molecule has 106 valence electrons. The molecule has 0 saturated heterocycles. The fraction of sp³-hybridized carbons (Fsp3) is 0. The van der Waals surface area contributed by atoms with E-state index in [2.05, 4.69) is 5.10 Å². The molecule has 0 N–H and O–H groups in total. The van der Waals surface area contributed by atoms with E-state index in [1.54, 1.807) is 55.1 Å². The molecule has 2 heterocycles. The van der Waals surface area contributed by atoms with Crippen LogP contribution in [0.4, 0.5) is 0 Å². The van der Waals surface area contributed by atoms with Crippen molar-refractivity contribution < 1.29 is 9.21 Å². The number of furan rings is 1. The summed E-state index contributed by atoms with van der Waals surface area (Å²) < 4.78 is 6.22. The van der Waals surface area contributed by atoms with Crippen molar-refractivity contribution in [2.75, 3.05) is 0 Å². The molecule has 0 saturated carbocycles. The third kappa shape index (κ3) is 2.86. The van der Waals surface area contributed by atoms with E-state index in [1.165, 1.54) is 4.68 Å². The first-order chi connectivity index (χ1) is 10.8. The molecule has 0 aliphatic rings. The zero-order chi connectivity index (χ0) is 15.4. The summed E-state index contributed by atoms with van der Waals surface area (Å²) in [6, 6.07) is 12.1. The summed E-state index contributed by atoms with van der Waals surface area (Å²) in [5.41, 5.74) is 2.44. The minimum absolute atomic E-state index is 0.278. The van der Waals surface area contributed by atoms with Gasteiger partial charge in [-0.15, -0.1) is 0 Å². The Hall–Kier alpha value is -3.39. The van der Waals surface area contributed by atoms with Gasteiger partial charge >= 0.3 is 0 Å². The molecular weight excluding hydrogens is 278 g/mol. The van der Waals surface area contributed by atoms with E-state index >= 15 is 0 Å². The quantitative estimate of drug-likeness (QED) is 0.742. The van der Waals surface area contributed by atoms with Crippen molar-refractivity contribution in [3.8, 4) is 6.07 Å². The second kappa shape index (κ2) is 5.94. The van der Waals surface area contributed by atoms with Gasteiger partial charge in [0.15, 0.2) is 0 Å². The van der Waals surface area contributed by atoms with Gasteiger partial charge in [-0.1, -0.05) is 6.07 Å². The number of carbonyl (C=O) groups is 1. The van der Waals surface area contributed by atoms with Crippen LogP contribution in [0.1, 0.15) is 27.2 Å². The Morgan fingerprint density at radius 1 is 1.27 bits per heavy atom. The topological polar surface area (TPSA) is 71.8 Å². The van der Waals surface area contributed by atoms with Gasteiger partial charge < -0.3 is 4.42 Å². The van der Waals surface area contributed by atoms with Crippen LogP contribution < -0.4 is 0 Å². The van der Waals surface area contributed by atoms with Gasteiger partial charge in [-0.25, -0.2) is 4.68 Å². The number of carbonyl (C=O) groups excluding carboxylic acids is 1. The van der Waals surface area contributed by atoms with Crippen molar-refractivity contribution in [2.24, 2.45) is 0 Å². The predicted molar refractivity (Wildman–Crippen MR) is 80.7 cm³/mol. The number of hydrogen-bond donors (Lipinski definition) is 0. The molecule has 0 atom stereocenters. The van der Waals surface area contributed by atoms with Crippen molar-refractivity contribution in [1.29, 1.82) is 5.26 Å². The van der Waals surface area contributed by atoms with Crippen LogP contribution in [0.3, 0.4) is 0 Å². The maximum absolute atomic E-state index is 12.3. The number of nitriles is 1. The Morgan fingerprint density at radius 2 is 2.18 bits per heavy atom. The summed E-state index contributed by atoms with van der Waals surface area (Å²) in [5.74, 6) is -0.278. The molecule has 3 aromatic rings. The lowest BCUT2D eigenvalue weighted by Gasteiger charge is -2.00. The van der Waals surface area contributed by atoms with Gasteiger partial charge in [0.2, 0.25) is 0 Å². The lowest BCUT2D eigenvalue weighted by Crippen LogP contribution is -2.12. The van der Waals surface area contributed by atoms with E-state index < -0.39 is 0 Å². The van der Waals surface area contributed by atoms with Gasteiger partial charge in [-0.3, -0.25) is 4.79 Å². The third-order valence-corrected chi connectivity index (χ3v) is 3.05. The van der Waals surface area contributed by atoms with Crippen LogP contribution in [0.2, 0.25) is 0 Å². The summed E-state index contributed by atoms with van der Waals surface area (Å²) in [7, 11) is 0. The van der Waals surface area contributed by atoms with Gasteiger partial charge in [0.1, 0.15) is 0 Å². The highest BCUT2D eigenvalue weighted by Gasteiger charge is 2.10. The second-order valence-electron chi connectivity index (χ2n) is 4.57. The highest BCUT2D eigenvalue weighted by atomic mass is 16.3. The Labute approximate surface area is 126 Å². The van der Waals surface area contributed by atoms with Crippen molar-refractivity contribution in [3.63, 3.8) is 0 Å². The van der Waals surface area contributed by atoms with Crippen LogP contribution in [0, 0.1) is 11.3 Å². The number of aromatic nitrogens is 2. The van der Waals surface area contributed by atoms with Crippen LogP contribution in [0.5, 0.6) is 0 Å². The van der Waals surface area contributed by atoms with Gasteiger partial charge in [0, 0.05) is 17.3 Å². The molecule has 2 aromatic heterocycles. The SMILES string of the molecule is N#Cc1cccc(C(=O)n2ccc(/C=C/c3ccoc3)n2)c1. The van der Waals surface area contributed by atoms with Gasteiger partial charge in [-0.2, -0.15) is 10.4 Å². The number of nitrogens with zero attached hydrogens (tertiary/aromatic N) is 3. The van der Waals surface area contributed by atoms with E-state index in [0.29, 0.717) is 16.8 Å². The van der Waals surface area contributed by atoms with E-state index in [-0.39, 0.29) is 5.91 Å². The smallest absolute Gasteiger partial charge is 0.278 e. The third-order valence-electron chi connectivity index (χ3n) is 3.05. The van der Waals surface area contributed by atoms with Gasteiger partial charge in [-0.05, 0) is 42.5 Å². The first-order valence-electron chi connectivity index (χ1n) is 6.57. The lowest BCUT2D eigenvalue weighted by molar-refractivity contribution is 0.0945. The van der Waals surface area contributed by atoms with Crippen LogP contribution >= 0.6 is 0 Å². The molecule has 1 aromatic carbocycles. The maximum atomic E-state index is 12.3. The number of hydrogen-bond acceptors (Lipinski definition) is 4. The Bertz CT molecular complexity index is 867. The summed E-state index contributed by atoms with van der Waals surface area (Å²) in [6.45, 7) is 0. The Kier molecular flexibility index (Phi) is 3.67. The predicted octanol–water partition coefficient (Wildman–Crippen LogP) is 3.21. The molecule has 0 fully saturated rings. The molecule has 0 bridgehead atoms. The van der Waals surface area contributed by atoms with E-state index in [4.69, 9.17) is 9.68 Å². The van der Waals surface area contributed by atoms with Gasteiger partial charge in [0.25, 0.3) is 5.91 Å². The van der Waals surface area contributed by atoms with Crippen LogP contribution in [0.15, 0.2) is 59.5 Å². The molecule has 5 heteroatoms. The molecular formula is C17H11N3O2. The highest BCUT2D eigenvalue weighted by Crippen LogP contribution is 2.09. The molecule has 0 aliphatic carbocycles. The summed E-state index contributed by atoms with van der Waals surface area (Å²) in [5, 5.41) is 13.1. The second-order valence-corrected chi connectivity index (χ2v) is 4.57. The van der Waals surface area contributed by atoms with E-state index in [1.807, 2.05) is 18.2 Å². The normalized spacial score (nSPS) is 10.7. The molecule has 0 spiro atoms. The van der Waals surface area contributed by atoms with Crippen LogP contribution in [0.25, 0.3) is 12.2 Å². The first kappa shape index (κ1) is 13.6. The summed E-state index contributed by atoms with van der Waals surface area (Å²) in [6.07, 6.45) is 8.43. The van der Waals surface area contributed by atoms with Crippen molar-refractivity contribution in [3.05, 3.63) is 77.5 Å². The van der Waals surface area contributed by atoms with E-state index in [9.17, 15) is 4.79 Å². The Morgan fingerprint density at radius 3 is 2.95 bits per heavy atom. The fourth-order valence-corrected chi connectivity index (χ4v) is 1.95. The lowest BCUT2D eigenvalue weighted by atomic mass is 10.1. The molecule has 0 aliphatic heterocycles. The molecule has 3 rings (SSSR count). The standard InChI is InChI=1S/C17H11N3O2/c18-11-14-2-1-3-15(10-14)17(21)20-8-6-16(19-20)5-4-13-7-9-22-12-13/h1-10,12H/b5-4+. The largest absolute Gasteiger partial charge is 0.472 e. The first-order valence-corrected chi connectivity index (χ1v) is 6.57. The van der Waals surface area contributed by atoms with E-state index in [0.717, 1.165) is 5.56 Å². The highest BCUT2D eigenvalue weighted by molar-refractivity contribution is 5.95. The summed E-state index contributed by atoms with van der Waals surface area (Å²) in [4.78, 5) is 12.3. The molecule has 5 nitrogen and oxygen atoms in total. The monoisotopic (exact) mass is 289 g/mol. The zero-order valence-corrected chi connectivity index (χ0v) is 11.5. The van der Waals surface area contributed by atoms with Crippen molar-refractivity contribution >= 4 is 18.1 Å². The average Bonchev–Trinajstić information content (AvgIpc) is 3.23. The molecule has 0 unspecified atom stereocenters. The minimum Gasteiger partial charge on any atom is -0.472 e.